The van der Waals surface area contributed by atoms with E-state index in [4.69, 9.17) is 0 Å². The molecule has 1 N–H and O–H groups in total. The number of nitrogens with one attached hydrogen (secondary N) is 1. The van der Waals surface area contributed by atoms with Crippen LogP contribution in [-0.2, 0) is 0 Å². The van der Waals surface area contributed by atoms with Crippen LogP contribution in [0.15, 0.2) is 0 Å². The highest BCUT2D eigenvalue weighted by molar-refractivity contribution is 5.74. The lowest BCUT2D eigenvalue weighted by Crippen LogP contribution is -2.57. The largest absolute Gasteiger partial charge is 0.336 e. The zero-order chi connectivity index (χ0) is 14.8. The Balaban J connectivity index is 1.84. The Hall–Kier alpha value is -0.770. The number of hydrogen-bond acceptors (Lipinski definition) is 2. The Morgan fingerprint density at radius 2 is 1.70 bits per heavy atom. The fourth-order valence-electron chi connectivity index (χ4n) is 3.59. The van der Waals surface area contributed by atoms with Gasteiger partial charge in [-0.1, -0.05) is 13.8 Å². The highest BCUT2D eigenvalue weighted by atomic mass is 16.2. The van der Waals surface area contributed by atoms with E-state index in [0.717, 1.165) is 57.4 Å². The van der Waals surface area contributed by atoms with Gasteiger partial charge < -0.3 is 10.2 Å². The predicted molar refractivity (Wildman–Crippen MR) is 82.8 cm³/mol. The SMILES string of the molecule is CC1CC(C)CN(C(C)(C)CNC(=O)N2CCCC2)C1. The van der Waals surface area contributed by atoms with Gasteiger partial charge in [-0.15, -0.1) is 0 Å². The Bertz CT molecular complexity index is 327. The molecule has 0 saturated carbocycles. The Kier molecular flexibility index (Phi) is 4.95. The number of hydrogen-bond donors (Lipinski definition) is 1. The van der Waals surface area contributed by atoms with E-state index in [1.165, 1.54) is 6.42 Å². The van der Waals surface area contributed by atoms with Crippen LogP contribution in [-0.4, -0.2) is 54.1 Å². The van der Waals surface area contributed by atoms with Gasteiger partial charge in [0.2, 0.25) is 0 Å². The average molecular weight is 281 g/mol. The van der Waals surface area contributed by atoms with E-state index in [0.29, 0.717) is 0 Å². The quantitative estimate of drug-likeness (QED) is 0.863. The van der Waals surface area contributed by atoms with E-state index in [1.807, 2.05) is 4.90 Å². The first-order valence-electron chi connectivity index (χ1n) is 8.16. The van der Waals surface area contributed by atoms with Crippen molar-refractivity contribution in [3.05, 3.63) is 0 Å². The summed E-state index contributed by atoms with van der Waals surface area (Å²) in [5, 5.41) is 3.14. The Morgan fingerprint density at radius 1 is 1.15 bits per heavy atom. The molecule has 2 aliphatic rings. The van der Waals surface area contributed by atoms with Crippen LogP contribution in [0.1, 0.15) is 47.0 Å². The number of carbonyl (C=O) groups is 1. The number of likely N-dealkylation sites (tertiary alicyclic amines) is 2. The van der Waals surface area contributed by atoms with Crippen molar-refractivity contribution in [2.24, 2.45) is 11.8 Å². The molecule has 2 aliphatic heterocycles. The second kappa shape index (κ2) is 6.33. The van der Waals surface area contributed by atoms with E-state index < -0.39 is 0 Å². The molecule has 0 bridgehead atoms. The summed E-state index contributed by atoms with van der Waals surface area (Å²) in [4.78, 5) is 16.6. The summed E-state index contributed by atoms with van der Waals surface area (Å²) in [5.41, 5.74) is 0.0400. The van der Waals surface area contributed by atoms with E-state index in [-0.39, 0.29) is 11.6 Å². The molecule has 4 nitrogen and oxygen atoms in total. The number of amides is 2. The summed E-state index contributed by atoms with van der Waals surface area (Å²) in [6.45, 7) is 14.1. The van der Waals surface area contributed by atoms with Crippen LogP contribution in [0.3, 0.4) is 0 Å². The maximum Gasteiger partial charge on any atom is 0.317 e. The van der Waals surface area contributed by atoms with E-state index in [1.54, 1.807) is 0 Å². The maximum atomic E-state index is 12.1. The summed E-state index contributed by atoms with van der Waals surface area (Å²) in [6.07, 6.45) is 3.63. The predicted octanol–water partition coefficient (Wildman–Crippen LogP) is 2.55. The topological polar surface area (TPSA) is 35.6 Å². The van der Waals surface area contributed by atoms with Gasteiger partial charge in [0.05, 0.1) is 0 Å². The molecule has 2 atom stereocenters. The van der Waals surface area contributed by atoms with Crippen molar-refractivity contribution in [2.75, 3.05) is 32.7 Å². The highest BCUT2D eigenvalue weighted by Crippen LogP contribution is 2.26. The van der Waals surface area contributed by atoms with E-state index in [2.05, 4.69) is 37.9 Å². The van der Waals surface area contributed by atoms with Gasteiger partial charge in [0, 0.05) is 38.3 Å². The first kappa shape index (κ1) is 15.6. The molecule has 2 rings (SSSR count). The normalized spacial score (nSPS) is 28.7. The van der Waals surface area contributed by atoms with Crippen molar-refractivity contribution in [2.45, 2.75) is 52.5 Å². The molecule has 2 fully saturated rings. The minimum Gasteiger partial charge on any atom is -0.336 e. The molecule has 0 aromatic rings. The fraction of sp³-hybridized carbons (Fsp3) is 0.938. The van der Waals surface area contributed by atoms with Gasteiger partial charge in [-0.05, 0) is 44.9 Å². The van der Waals surface area contributed by atoms with Crippen molar-refractivity contribution in [1.29, 1.82) is 0 Å². The molecule has 0 spiro atoms. The maximum absolute atomic E-state index is 12.1. The van der Waals surface area contributed by atoms with Crippen molar-refractivity contribution in [3.8, 4) is 0 Å². The van der Waals surface area contributed by atoms with Crippen molar-refractivity contribution in [3.63, 3.8) is 0 Å². The molecule has 0 aromatic heterocycles. The lowest BCUT2D eigenvalue weighted by Gasteiger charge is -2.45. The summed E-state index contributed by atoms with van der Waals surface area (Å²) in [6, 6.07) is 0.119. The first-order chi connectivity index (χ1) is 9.38. The van der Waals surface area contributed by atoms with Gasteiger partial charge in [0.25, 0.3) is 0 Å². The Morgan fingerprint density at radius 3 is 2.25 bits per heavy atom. The van der Waals surface area contributed by atoms with Crippen LogP contribution < -0.4 is 5.32 Å². The lowest BCUT2D eigenvalue weighted by molar-refractivity contribution is 0.0465. The molecule has 116 valence electrons. The summed E-state index contributed by atoms with van der Waals surface area (Å²) < 4.78 is 0. The zero-order valence-corrected chi connectivity index (χ0v) is 13.6. The number of urea groups is 1. The average Bonchev–Trinajstić information content (AvgIpc) is 2.88. The number of nitrogens with zero attached hydrogens (tertiary/aromatic N) is 2. The second-order valence-corrected chi connectivity index (χ2v) is 7.52. The third-order valence-electron chi connectivity index (χ3n) is 4.79. The number of rotatable bonds is 3. The van der Waals surface area contributed by atoms with Gasteiger partial charge in [0.1, 0.15) is 0 Å². The third-order valence-corrected chi connectivity index (χ3v) is 4.79. The first-order valence-corrected chi connectivity index (χ1v) is 8.16. The van der Waals surface area contributed by atoms with Crippen molar-refractivity contribution in [1.82, 2.24) is 15.1 Å². The second-order valence-electron chi connectivity index (χ2n) is 7.52. The summed E-state index contributed by atoms with van der Waals surface area (Å²) in [7, 11) is 0. The lowest BCUT2D eigenvalue weighted by atomic mass is 9.88. The van der Waals surface area contributed by atoms with Crippen LogP contribution in [0.5, 0.6) is 0 Å². The van der Waals surface area contributed by atoms with Gasteiger partial charge in [-0.3, -0.25) is 4.90 Å². The molecule has 0 radical (unpaired) electrons. The zero-order valence-electron chi connectivity index (χ0n) is 13.6. The van der Waals surface area contributed by atoms with Crippen molar-refractivity contribution >= 4 is 6.03 Å². The molecule has 0 aliphatic carbocycles. The van der Waals surface area contributed by atoms with Crippen LogP contribution in [0, 0.1) is 11.8 Å². The smallest absolute Gasteiger partial charge is 0.317 e. The molecule has 2 heterocycles. The van der Waals surface area contributed by atoms with E-state index >= 15 is 0 Å². The van der Waals surface area contributed by atoms with Crippen LogP contribution in [0.4, 0.5) is 4.79 Å². The van der Waals surface area contributed by atoms with Gasteiger partial charge in [-0.2, -0.15) is 0 Å². The van der Waals surface area contributed by atoms with Crippen LogP contribution in [0.2, 0.25) is 0 Å². The minimum absolute atomic E-state index is 0.0400. The van der Waals surface area contributed by atoms with Gasteiger partial charge in [0.15, 0.2) is 0 Å². The third kappa shape index (κ3) is 3.87. The Labute approximate surface area is 123 Å². The fourth-order valence-corrected chi connectivity index (χ4v) is 3.59. The van der Waals surface area contributed by atoms with Crippen LogP contribution in [0.25, 0.3) is 0 Å². The number of carbonyl (C=O) groups excluding carboxylic acids is 1. The van der Waals surface area contributed by atoms with Gasteiger partial charge >= 0.3 is 6.03 Å². The number of piperidine rings is 1. The summed E-state index contributed by atoms with van der Waals surface area (Å²) in [5.74, 6) is 1.51. The minimum atomic E-state index is 0.0400. The van der Waals surface area contributed by atoms with Gasteiger partial charge in [-0.25, -0.2) is 4.79 Å². The molecule has 20 heavy (non-hydrogen) atoms. The molecular formula is C16H31N3O. The highest BCUT2D eigenvalue weighted by Gasteiger charge is 2.33. The molecule has 2 unspecified atom stereocenters. The standard InChI is InChI=1S/C16H31N3O/c1-13-9-14(2)11-19(10-13)16(3,4)12-17-15(20)18-7-5-6-8-18/h13-14H,5-12H2,1-4H3,(H,17,20). The monoisotopic (exact) mass is 281 g/mol. The molecule has 0 aromatic carbocycles. The molecule has 2 amide bonds. The van der Waals surface area contributed by atoms with Crippen LogP contribution >= 0.6 is 0 Å². The molecule has 4 heteroatoms. The molecular weight excluding hydrogens is 250 g/mol. The molecule has 2 saturated heterocycles. The van der Waals surface area contributed by atoms with E-state index in [9.17, 15) is 4.79 Å². The van der Waals surface area contributed by atoms with Crippen molar-refractivity contribution < 1.29 is 4.79 Å². The summed E-state index contributed by atoms with van der Waals surface area (Å²) >= 11 is 0.